The summed E-state index contributed by atoms with van der Waals surface area (Å²) >= 11 is 6.01. The molecular weight excluding hydrogens is 468 g/mol. The van der Waals surface area contributed by atoms with E-state index in [4.69, 9.17) is 16.6 Å². The summed E-state index contributed by atoms with van der Waals surface area (Å²) in [6.07, 6.45) is 1.01. The molecule has 0 spiro atoms. The topological polar surface area (TPSA) is 103 Å². The first-order valence-electron chi connectivity index (χ1n) is 11.9. The van der Waals surface area contributed by atoms with Crippen molar-refractivity contribution < 1.29 is 19.5 Å². The van der Waals surface area contributed by atoms with Gasteiger partial charge in [-0.25, -0.2) is 0 Å². The van der Waals surface area contributed by atoms with Crippen LogP contribution >= 0.6 is 11.6 Å². The number of rotatable bonds is 4. The number of nitrogens with one attached hydrogen (secondary N) is 1. The molecule has 2 aromatic rings. The molecule has 184 valence electrons. The largest absolute Gasteiger partial charge is 0.383 e. The summed E-state index contributed by atoms with van der Waals surface area (Å²) in [5, 5.41) is 14.9. The molecule has 1 aromatic carbocycles. The highest BCUT2D eigenvalue weighted by molar-refractivity contribution is 6.30. The summed E-state index contributed by atoms with van der Waals surface area (Å²) in [5.74, 6) is -1.03. The van der Waals surface area contributed by atoms with E-state index >= 15 is 0 Å². The quantitative estimate of drug-likeness (QED) is 0.631. The van der Waals surface area contributed by atoms with Crippen LogP contribution in [0.3, 0.4) is 0 Å². The Labute approximate surface area is 209 Å². The molecule has 3 aliphatic rings. The summed E-state index contributed by atoms with van der Waals surface area (Å²) in [6.45, 7) is 6.40. The van der Waals surface area contributed by atoms with Crippen LogP contribution in [0.5, 0.6) is 0 Å². The van der Waals surface area contributed by atoms with Crippen LogP contribution in [0.2, 0.25) is 5.02 Å². The SMILES string of the molecule is CC1(C)CN(Cc2ccc(Cl)cc2)CC[C@@]1(O)c1ccc2c(n1)CN([C@@H]1CCC(=O)NC1=O)C2=O. The Bertz CT molecular complexity index is 1200. The number of carbonyl (C=O) groups is 3. The molecule has 0 saturated carbocycles. The Kier molecular flexibility index (Phi) is 5.94. The average Bonchev–Trinajstić information content (AvgIpc) is 3.13. The van der Waals surface area contributed by atoms with Gasteiger partial charge < -0.3 is 10.0 Å². The number of pyridine rings is 1. The van der Waals surface area contributed by atoms with Gasteiger partial charge in [-0.15, -0.1) is 0 Å². The molecule has 0 bridgehead atoms. The molecule has 3 aliphatic heterocycles. The van der Waals surface area contributed by atoms with Crippen molar-refractivity contribution in [3.05, 3.63) is 63.9 Å². The molecule has 3 amide bonds. The number of benzene rings is 1. The molecule has 0 radical (unpaired) electrons. The Hall–Kier alpha value is -2.81. The lowest BCUT2D eigenvalue weighted by Crippen LogP contribution is -2.55. The first-order chi connectivity index (χ1) is 16.6. The van der Waals surface area contributed by atoms with Crippen LogP contribution in [0.1, 0.15) is 60.4 Å². The molecule has 2 fully saturated rings. The van der Waals surface area contributed by atoms with Crippen molar-refractivity contribution in [3.8, 4) is 0 Å². The molecule has 2 N–H and O–H groups in total. The predicted molar refractivity (Wildman–Crippen MR) is 129 cm³/mol. The first-order valence-corrected chi connectivity index (χ1v) is 12.3. The lowest BCUT2D eigenvalue weighted by molar-refractivity contribution is -0.137. The maximum Gasteiger partial charge on any atom is 0.256 e. The number of aliphatic hydroxyl groups is 1. The number of fused-ring (bicyclic) bond motifs is 1. The number of nitrogens with zero attached hydrogens (tertiary/aromatic N) is 3. The molecule has 4 heterocycles. The lowest BCUT2D eigenvalue weighted by atomic mass is 9.68. The normalized spacial score (nSPS) is 26.6. The summed E-state index contributed by atoms with van der Waals surface area (Å²) in [7, 11) is 0. The smallest absolute Gasteiger partial charge is 0.256 e. The van der Waals surface area contributed by atoms with Gasteiger partial charge >= 0.3 is 0 Å². The Balaban J connectivity index is 1.34. The van der Waals surface area contributed by atoms with Crippen molar-refractivity contribution in [2.45, 2.75) is 57.8 Å². The molecule has 0 aliphatic carbocycles. The average molecular weight is 497 g/mol. The van der Waals surface area contributed by atoms with Crippen molar-refractivity contribution in [2.24, 2.45) is 5.41 Å². The number of hydrogen-bond donors (Lipinski definition) is 2. The number of piperidine rings is 2. The molecule has 8 nitrogen and oxygen atoms in total. The highest BCUT2D eigenvalue weighted by Gasteiger charge is 2.50. The number of carbonyl (C=O) groups excluding carboxylic acids is 3. The number of halogens is 1. The van der Waals surface area contributed by atoms with Gasteiger partial charge in [0.1, 0.15) is 11.6 Å². The van der Waals surface area contributed by atoms with E-state index in [1.165, 1.54) is 10.5 Å². The van der Waals surface area contributed by atoms with E-state index in [9.17, 15) is 19.5 Å². The van der Waals surface area contributed by atoms with Gasteiger partial charge in [0.15, 0.2) is 0 Å². The summed E-state index contributed by atoms with van der Waals surface area (Å²) in [4.78, 5) is 45.4. The van der Waals surface area contributed by atoms with Crippen LogP contribution in [-0.2, 0) is 28.3 Å². The number of imide groups is 1. The van der Waals surface area contributed by atoms with E-state index < -0.39 is 23.0 Å². The fourth-order valence-corrected chi connectivity index (χ4v) is 5.68. The first kappa shape index (κ1) is 23.9. The van der Waals surface area contributed by atoms with E-state index in [0.717, 1.165) is 6.54 Å². The molecule has 35 heavy (non-hydrogen) atoms. The monoisotopic (exact) mass is 496 g/mol. The van der Waals surface area contributed by atoms with E-state index in [1.807, 2.05) is 38.1 Å². The van der Waals surface area contributed by atoms with Crippen LogP contribution < -0.4 is 5.32 Å². The van der Waals surface area contributed by atoms with Gasteiger partial charge in [-0.05, 0) is 42.7 Å². The minimum atomic E-state index is -1.16. The van der Waals surface area contributed by atoms with Gasteiger partial charge in [0.05, 0.1) is 23.5 Å². The van der Waals surface area contributed by atoms with E-state index in [1.54, 1.807) is 12.1 Å². The van der Waals surface area contributed by atoms with Crippen LogP contribution in [-0.4, -0.2) is 56.7 Å². The van der Waals surface area contributed by atoms with E-state index in [2.05, 4.69) is 10.2 Å². The van der Waals surface area contributed by atoms with Crippen LogP contribution in [0.25, 0.3) is 0 Å². The highest BCUT2D eigenvalue weighted by Crippen LogP contribution is 2.46. The molecule has 5 rings (SSSR count). The second kappa shape index (κ2) is 8.69. The van der Waals surface area contributed by atoms with Crippen molar-refractivity contribution >= 4 is 29.3 Å². The van der Waals surface area contributed by atoms with Gasteiger partial charge in [0.2, 0.25) is 11.8 Å². The third-order valence-corrected chi connectivity index (χ3v) is 7.90. The molecule has 1 aromatic heterocycles. The Morgan fingerprint density at radius 2 is 1.89 bits per heavy atom. The van der Waals surface area contributed by atoms with Crippen LogP contribution in [0.4, 0.5) is 0 Å². The van der Waals surface area contributed by atoms with Crippen molar-refractivity contribution in [2.75, 3.05) is 13.1 Å². The lowest BCUT2D eigenvalue weighted by Gasteiger charge is -2.50. The van der Waals surface area contributed by atoms with Crippen LogP contribution in [0.15, 0.2) is 36.4 Å². The molecule has 2 atom stereocenters. The van der Waals surface area contributed by atoms with Crippen molar-refractivity contribution in [3.63, 3.8) is 0 Å². The molecule has 9 heteroatoms. The highest BCUT2D eigenvalue weighted by atomic mass is 35.5. The fraction of sp³-hybridized carbons (Fsp3) is 0.462. The standard InChI is InChI=1S/C26H29ClN4O4/c1-25(2)15-30(13-16-3-5-17(27)6-4-16)12-11-26(25,35)21-9-7-18-19(28-21)14-31(24(18)34)20-8-10-22(32)29-23(20)33/h3-7,9,20,35H,8,10-15H2,1-2H3,(H,29,32,33)/t20-,26-/m1/s1. The number of amides is 3. The zero-order valence-corrected chi connectivity index (χ0v) is 20.6. The number of likely N-dealkylation sites (tertiary alicyclic amines) is 1. The minimum absolute atomic E-state index is 0.188. The second-order valence-electron chi connectivity index (χ2n) is 10.4. The van der Waals surface area contributed by atoms with Gasteiger partial charge in [0, 0.05) is 36.5 Å². The van der Waals surface area contributed by atoms with Gasteiger partial charge in [-0.1, -0.05) is 37.6 Å². The minimum Gasteiger partial charge on any atom is -0.383 e. The maximum atomic E-state index is 13.0. The summed E-state index contributed by atoms with van der Waals surface area (Å²) < 4.78 is 0. The molecule has 2 saturated heterocycles. The zero-order chi connectivity index (χ0) is 25.0. The van der Waals surface area contributed by atoms with Gasteiger partial charge in [0.25, 0.3) is 5.91 Å². The zero-order valence-electron chi connectivity index (χ0n) is 19.9. The Morgan fingerprint density at radius 1 is 1.14 bits per heavy atom. The predicted octanol–water partition coefficient (Wildman–Crippen LogP) is 2.62. The van der Waals surface area contributed by atoms with Crippen molar-refractivity contribution in [1.82, 2.24) is 20.1 Å². The third kappa shape index (κ3) is 4.24. The van der Waals surface area contributed by atoms with E-state index in [-0.39, 0.29) is 24.8 Å². The maximum absolute atomic E-state index is 13.0. The van der Waals surface area contributed by atoms with Crippen LogP contribution in [0, 0.1) is 5.41 Å². The summed E-state index contributed by atoms with van der Waals surface area (Å²) in [5.41, 5.74) is 1.06. The molecular formula is C26H29ClN4O4. The van der Waals surface area contributed by atoms with Gasteiger partial charge in [-0.2, -0.15) is 0 Å². The van der Waals surface area contributed by atoms with E-state index in [0.29, 0.717) is 47.9 Å². The number of aromatic nitrogens is 1. The van der Waals surface area contributed by atoms with Gasteiger partial charge in [-0.3, -0.25) is 29.6 Å². The Morgan fingerprint density at radius 3 is 2.57 bits per heavy atom. The fourth-order valence-electron chi connectivity index (χ4n) is 5.55. The molecule has 0 unspecified atom stereocenters. The van der Waals surface area contributed by atoms with Crippen molar-refractivity contribution in [1.29, 1.82) is 0 Å². The second-order valence-corrected chi connectivity index (χ2v) is 10.9. The third-order valence-electron chi connectivity index (χ3n) is 7.64. The summed E-state index contributed by atoms with van der Waals surface area (Å²) in [6, 6.07) is 10.6. The number of hydrogen-bond acceptors (Lipinski definition) is 6.